The van der Waals surface area contributed by atoms with Crippen LogP contribution in [0.5, 0.6) is 11.5 Å². The van der Waals surface area contributed by atoms with Gasteiger partial charge in [0.25, 0.3) is 0 Å². The first-order valence-corrected chi connectivity index (χ1v) is 20.4. The van der Waals surface area contributed by atoms with Crippen molar-refractivity contribution >= 4 is 40.2 Å². The Bertz CT molecular complexity index is 2160. The smallest absolute Gasteiger partial charge is 0.328 e. The maximum atomic E-state index is 12.2. The lowest BCUT2D eigenvalue weighted by Crippen LogP contribution is -2.49. The van der Waals surface area contributed by atoms with E-state index in [2.05, 4.69) is 51.7 Å². The summed E-state index contributed by atoms with van der Waals surface area (Å²) in [5.74, 6) is 1.80. The zero-order valence-corrected chi connectivity index (χ0v) is 32.4. The number of nitrogens with zero attached hydrogens (tertiary/aromatic N) is 9. The van der Waals surface area contributed by atoms with Gasteiger partial charge in [-0.25, -0.2) is 19.4 Å². The number of ether oxygens (including phenoxy) is 1. The van der Waals surface area contributed by atoms with Gasteiger partial charge in [-0.15, -0.1) is 0 Å². The fourth-order valence-corrected chi connectivity index (χ4v) is 8.97. The minimum absolute atomic E-state index is 0.212. The lowest BCUT2D eigenvalue weighted by Gasteiger charge is -2.37. The second kappa shape index (κ2) is 16.5. The van der Waals surface area contributed by atoms with Crippen molar-refractivity contribution < 1.29 is 14.3 Å². The molecular weight excluding hydrogens is 719 g/mol. The highest BCUT2D eigenvalue weighted by Crippen LogP contribution is 2.36. The molecule has 4 aliphatic heterocycles. The number of hydrogen-bond donors (Lipinski definition) is 2. The number of anilines is 3. The first-order valence-electron chi connectivity index (χ1n) is 20.4. The number of piperidine rings is 1. The molecule has 14 nitrogen and oxygen atoms in total. The molecule has 5 aromatic rings. The van der Waals surface area contributed by atoms with Gasteiger partial charge in [-0.3, -0.25) is 24.8 Å². The van der Waals surface area contributed by atoms with Crippen molar-refractivity contribution in [3.8, 4) is 22.8 Å². The highest BCUT2D eigenvalue weighted by Gasteiger charge is 2.33. The fourth-order valence-electron chi connectivity index (χ4n) is 8.97. The van der Waals surface area contributed by atoms with E-state index in [1.807, 2.05) is 66.7 Å². The Morgan fingerprint density at radius 2 is 1.42 bits per heavy atom. The van der Waals surface area contributed by atoms with Gasteiger partial charge in [0.2, 0.25) is 5.91 Å². The molecule has 0 aliphatic carbocycles. The molecule has 9 rings (SSSR count). The van der Waals surface area contributed by atoms with Crippen LogP contribution in [0, 0.1) is 0 Å². The molecule has 0 spiro atoms. The molecule has 2 aromatic heterocycles. The monoisotopic (exact) mass is 769 g/mol. The molecule has 57 heavy (non-hydrogen) atoms. The highest BCUT2D eigenvalue weighted by atomic mass is 16.5. The molecule has 4 aliphatic rings. The lowest BCUT2D eigenvalue weighted by atomic mass is 10.0. The molecule has 1 unspecified atom stereocenters. The number of piperazine rings is 1. The summed E-state index contributed by atoms with van der Waals surface area (Å²) >= 11 is 0. The van der Waals surface area contributed by atoms with Gasteiger partial charge < -0.3 is 20.3 Å². The van der Waals surface area contributed by atoms with E-state index in [0.29, 0.717) is 24.8 Å². The van der Waals surface area contributed by atoms with Gasteiger partial charge in [-0.1, -0.05) is 18.2 Å². The summed E-state index contributed by atoms with van der Waals surface area (Å²) in [7, 11) is 0. The van der Waals surface area contributed by atoms with E-state index < -0.39 is 0 Å². The molecule has 4 saturated heterocycles. The SMILES string of the molecule is Nc1ncnc2c1c(-c1ccc(Oc3ccccc3)cc1)nn2C1CCN(C2CCN(CCCN3CCN(c4ccc(N5CCC(=O)NC5=O)cc4)CC3)C2)CC1. The first-order chi connectivity index (χ1) is 27.9. The van der Waals surface area contributed by atoms with Crippen LogP contribution in [0.3, 0.4) is 0 Å². The number of imide groups is 1. The minimum atomic E-state index is -0.344. The van der Waals surface area contributed by atoms with Crippen molar-refractivity contribution in [3.05, 3.63) is 85.2 Å². The number of para-hydroxylation sites is 1. The third-order valence-corrected chi connectivity index (χ3v) is 12.1. The summed E-state index contributed by atoms with van der Waals surface area (Å²) in [6, 6.07) is 26.4. The topological polar surface area (TPSA) is 141 Å². The van der Waals surface area contributed by atoms with Gasteiger partial charge in [-0.05, 0) is 106 Å². The van der Waals surface area contributed by atoms with E-state index in [0.717, 1.165) is 111 Å². The Labute approximate surface area is 333 Å². The molecule has 4 fully saturated rings. The van der Waals surface area contributed by atoms with Gasteiger partial charge in [0.1, 0.15) is 29.3 Å². The molecule has 3 N–H and O–H groups in total. The fraction of sp³-hybridized carbons (Fsp3) is 0.419. The Morgan fingerprint density at radius 3 is 2.18 bits per heavy atom. The third-order valence-electron chi connectivity index (χ3n) is 12.1. The van der Waals surface area contributed by atoms with Crippen LogP contribution in [0.4, 0.5) is 22.0 Å². The largest absolute Gasteiger partial charge is 0.457 e. The zero-order chi connectivity index (χ0) is 38.7. The molecule has 0 saturated carbocycles. The first kappa shape index (κ1) is 37.0. The molecule has 0 radical (unpaired) electrons. The van der Waals surface area contributed by atoms with Crippen molar-refractivity contribution in [1.82, 2.24) is 39.8 Å². The zero-order valence-electron chi connectivity index (χ0n) is 32.4. The van der Waals surface area contributed by atoms with Crippen LogP contribution in [0.2, 0.25) is 0 Å². The predicted octanol–water partition coefficient (Wildman–Crippen LogP) is 5.24. The molecule has 0 bridgehead atoms. The molecule has 6 heterocycles. The number of amides is 3. The van der Waals surface area contributed by atoms with Gasteiger partial charge >= 0.3 is 6.03 Å². The van der Waals surface area contributed by atoms with Gasteiger partial charge in [0.15, 0.2) is 5.65 Å². The van der Waals surface area contributed by atoms with Crippen molar-refractivity contribution in [2.45, 2.75) is 44.2 Å². The van der Waals surface area contributed by atoms with E-state index in [9.17, 15) is 9.59 Å². The van der Waals surface area contributed by atoms with E-state index in [4.69, 9.17) is 15.6 Å². The number of aromatic nitrogens is 4. The van der Waals surface area contributed by atoms with Crippen LogP contribution < -0.4 is 25.6 Å². The molecule has 1 atom stereocenters. The highest BCUT2D eigenvalue weighted by molar-refractivity contribution is 6.05. The molecule has 14 heteroatoms. The van der Waals surface area contributed by atoms with E-state index in [1.165, 1.54) is 25.1 Å². The van der Waals surface area contributed by atoms with Crippen LogP contribution >= 0.6 is 0 Å². The van der Waals surface area contributed by atoms with Crippen LogP contribution in [-0.4, -0.2) is 124 Å². The number of fused-ring (bicyclic) bond motifs is 1. The normalized spacial score (nSPS) is 20.4. The average Bonchev–Trinajstić information content (AvgIpc) is 3.88. The minimum Gasteiger partial charge on any atom is -0.457 e. The summed E-state index contributed by atoms with van der Waals surface area (Å²) in [5.41, 5.74) is 11.0. The van der Waals surface area contributed by atoms with Crippen molar-refractivity contribution in [3.63, 3.8) is 0 Å². The van der Waals surface area contributed by atoms with Crippen LogP contribution in [0.1, 0.15) is 38.1 Å². The van der Waals surface area contributed by atoms with E-state index in [1.54, 1.807) is 11.2 Å². The quantitative estimate of drug-likeness (QED) is 0.182. The lowest BCUT2D eigenvalue weighted by molar-refractivity contribution is -0.120. The Morgan fingerprint density at radius 1 is 0.719 bits per heavy atom. The van der Waals surface area contributed by atoms with Gasteiger partial charge in [0, 0.05) is 81.8 Å². The predicted molar refractivity (Wildman–Crippen MR) is 222 cm³/mol. The van der Waals surface area contributed by atoms with Gasteiger partial charge in [0.05, 0.1) is 11.4 Å². The number of likely N-dealkylation sites (tertiary alicyclic amines) is 2. The number of nitrogens with two attached hydrogens (primary N) is 1. The number of rotatable bonds is 11. The summed E-state index contributed by atoms with van der Waals surface area (Å²) in [5, 5.41) is 8.35. The van der Waals surface area contributed by atoms with Gasteiger partial charge in [-0.2, -0.15) is 5.10 Å². The Kier molecular flexibility index (Phi) is 10.7. The number of hydrogen-bond acceptors (Lipinski definition) is 11. The number of nitrogens with one attached hydrogen (secondary N) is 1. The van der Waals surface area contributed by atoms with Crippen molar-refractivity contribution in [1.29, 1.82) is 0 Å². The number of benzene rings is 3. The van der Waals surface area contributed by atoms with Crippen LogP contribution in [0.15, 0.2) is 85.2 Å². The molecule has 3 amide bonds. The second-order valence-corrected chi connectivity index (χ2v) is 15.7. The molecule has 3 aromatic carbocycles. The standard InChI is InChI=1S/C43H51N11O3/c44-41-39-40(31-7-13-37(14-8-31)57-36-5-2-1-3-6-36)48-54(42(39)46-30-45-41)34-16-22-51(23-17-34)35-15-21-50(29-35)20-4-19-49-25-27-52(28-26-49)32-9-11-33(12-10-32)53-24-18-38(55)47-43(53)56/h1-3,5-14,30,34-35H,4,15-29H2,(H2,44,45,46)(H,47,55,56). The van der Waals surface area contributed by atoms with E-state index >= 15 is 0 Å². The molecule has 296 valence electrons. The summed E-state index contributed by atoms with van der Waals surface area (Å²) < 4.78 is 8.12. The Hall–Kier alpha value is -5.57. The summed E-state index contributed by atoms with van der Waals surface area (Å²) in [6.45, 7) is 11.2. The maximum Gasteiger partial charge on any atom is 0.328 e. The molecular formula is C43H51N11O3. The number of urea groups is 1. The second-order valence-electron chi connectivity index (χ2n) is 15.7. The maximum absolute atomic E-state index is 12.2. The van der Waals surface area contributed by atoms with Crippen molar-refractivity contribution in [2.24, 2.45) is 0 Å². The summed E-state index contributed by atoms with van der Waals surface area (Å²) in [4.78, 5) is 44.7. The Balaban J connectivity index is 0.728. The van der Waals surface area contributed by atoms with Crippen LogP contribution in [0.25, 0.3) is 22.3 Å². The number of carbonyl (C=O) groups is 2. The average molecular weight is 770 g/mol. The third kappa shape index (κ3) is 8.16. The van der Waals surface area contributed by atoms with Crippen molar-refractivity contribution in [2.75, 3.05) is 87.5 Å². The van der Waals surface area contributed by atoms with Crippen LogP contribution in [-0.2, 0) is 4.79 Å². The summed E-state index contributed by atoms with van der Waals surface area (Å²) in [6.07, 6.45) is 6.34. The number of carbonyl (C=O) groups excluding carboxylic acids is 2. The number of nitrogen functional groups attached to an aromatic ring is 1. The van der Waals surface area contributed by atoms with E-state index in [-0.39, 0.29) is 18.0 Å².